The van der Waals surface area contributed by atoms with E-state index in [9.17, 15) is 14.4 Å². The molecule has 0 fully saturated rings. The molecule has 0 aliphatic carbocycles. The molecule has 0 rings (SSSR count). The summed E-state index contributed by atoms with van der Waals surface area (Å²) < 4.78 is 4.10. The third-order valence-corrected chi connectivity index (χ3v) is 1.29. The molecular formula is C4H9K3O4Si. The first-order chi connectivity index (χ1) is 3.71. The smallest absolute Gasteiger partial charge is 0.861 e. The SMILES string of the molecule is CC(C)(C)O[Si]([O-])([O-])[O-].[K+].[K+].[K+]. The van der Waals surface area contributed by atoms with Gasteiger partial charge >= 0.3 is 154 Å². The van der Waals surface area contributed by atoms with Gasteiger partial charge < -0.3 is 18.8 Å². The zero-order valence-corrected chi connectivity index (χ0v) is 19.0. The summed E-state index contributed by atoms with van der Waals surface area (Å²) >= 11 is 0. The van der Waals surface area contributed by atoms with Crippen LogP contribution < -0.4 is 169 Å². The van der Waals surface area contributed by atoms with Gasteiger partial charge in [0, 0.05) is 5.60 Å². The molecule has 0 heterocycles. The van der Waals surface area contributed by atoms with Gasteiger partial charge in [-0.2, -0.15) is 0 Å². The van der Waals surface area contributed by atoms with Crippen LogP contribution in [-0.2, 0) is 4.43 Å². The average Bonchev–Trinajstić information content (AvgIpc) is 1.14. The van der Waals surface area contributed by atoms with E-state index >= 15 is 0 Å². The van der Waals surface area contributed by atoms with Crippen molar-refractivity contribution in [2.45, 2.75) is 26.4 Å². The molecule has 0 bridgehead atoms. The summed E-state index contributed by atoms with van der Waals surface area (Å²) in [6.45, 7) is 4.51. The predicted octanol–water partition coefficient (Wildman–Crippen LogP) is -11.7. The van der Waals surface area contributed by atoms with Crippen LogP contribution in [0.2, 0.25) is 0 Å². The van der Waals surface area contributed by atoms with E-state index < -0.39 is 14.6 Å². The fourth-order valence-electron chi connectivity index (χ4n) is 0.375. The topological polar surface area (TPSA) is 78.4 Å². The maximum absolute atomic E-state index is 9.92. The normalized spacial score (nSPS) is 10.5. The average molecular weight is 266 g/mol. The van der Waals surface area contributed by atoms with Crippen molar-refractivity contribution >= 4 is 9.05 Å². The van der Waals surface area contributed by atoms with E-state index in [1.807, 2.05) is 0 Å². The third kappa shape index (κ3) is 24.3. The Balaban J connectivity index is -0.000000107. The molecule has 0 saturated heterocycles. The molecule has 8 heteroatoms. The zero-order valence-electron chi connectivity index (χ0n) is 8.63. The van der Waals surface area contributed by atoms with E-state index in [2.05, 4.69) is 4.43 Å². The number of hydrogen-bond acceptors (Lipinski definition) is 4. The van der Waals surface area contributed by atoms with Gasteiger partial charge in [-0.3, -0.25) is 0 Å². The molecule has 0 saturated carbocycles. The van der Waals surface area contributed by atoms with E-state index in [0.717, 1.165) is 0 Å². The van der Waals surface area contributed by atoms with Gasteiger partial charge in [-0.1, -0.05) is 0 Å². The zero-order chi connectivity index (χ0) is 7.71. The molecule has 0 spiro atoms. The molecule has 0 amide bonds. The fourth-order valence-corrected chi connectivity index (χ4v) is 1.13. The quantitative estimate of drug-likeness (QED) is 0.442. The van der Waals surface area contributed by atoms with Gasteiger partial charge in [-0.25, -0.2) is 0 Å². The maximum atomic E-state index is 9.92. The van der Waals surface area contributed by atoms with Crippen LogP contribution in [0, 0.1) is 0 Å². The molecule has 0 N–H and O–H groups in total. The minimum atomic E-state index is -5.04. The molecule has 4 nitrogen and oxygen atoms in total. The molecule has 0 aromatic carbocycles. The van der Waals surface area contributed by atoms with Crippen LogP contribution in [0.1, 0.15) is 20.8 Å². The van der Waals surface area contributed by atoms with Crippen molar-refractivity contribution in [3.63, 3.8) is 0 Å². The summed E-state index contributed by atoms with van der Waals surface area (Å²) in [7, 11) is -5.04. The Labute approximate surface area is 202 Å². The van der Waals surface area contributed by atoms with Crippen LogP contribution >= 0.6 is 0 Å². The summed E-state index contributed by atoms with van der Waals surface area (Å²) in [4.78, 5) is 29.8. The van der Waals surface area contributed by atoms with Crippen LogP contribution in [0.4, 0.5) is 0 Å². The van der Waals surface area contributed by atoms with E-state index in [1.54, 1.807) is 0 Å². The van der Waals surface area contributed by atoms with Crippen molar-refractivity contribution in [3.8, 4) is 0 Å². The van der Waals surface area contributed by atoms with Crippen molar-refractivity contribution in [2.24, 2.45) is 0 Å². The minimum Gasteiger partial charge on any atom is -0.861 e. The Morgan fingerprint density at radius 2 is 1.17 bits per heavy atom. The van der Waals surface area contributed by atoms with Crippen LogP contribution in [-0.4, -0.2) is 14.6 Å². The largest absolute Gasteiger partial charge is 1.00 e. The van der Waals surface area contributed by atoms with Crippen LogP contribution in [0.15, 0.2) is 0 Å². The number of hydrogen-bond donors (Lipinski definition) is 0. The van der Waals surface area contributed by atoms with Gasteiger partial charge in [0.1, 0.15) is 0 Å². The van der Waals surface area contributed by atoms with Crippen molar-refractivity contribution in [3.05, 3.63) is 0 Å². The van der Waals surface area contributed by atoms with E-state index in [-0.39, 0.29) is 154 Å². The second-order valence-electron chi connectivity index (χ2n) is 2.71. The van der Waals surface area contributed by atoms with Crippen LogP contribution in [0.25, 0.3) is 0 Å². The molecule has 0 aliphatic heterocycles. The van der Waals surface area contributed by atoms with Gasteiger partial charge in [0.05, 0.1) is 0 Å². The summed E-state index contributed by atoms with van der Waals surface area (Å²) in [5.74, 6) is 0. The standard InChI is InChI=1S/C4H9O4Si.3K/c1-4(2,3)8-9(5,6)7;;;/h1-3H3;;;/q-3;3*+1. The summed E-state index contributed by atoms with van der Waals surface area (Å²) in [5.41, 5.74) is -0.891. The molecular weight excluding hydrogens is 257 g/mol. The second-order valence-corrected chi connectivity index (χ2v) is 3.92. The molecule has 0 radical (unpaired) electrons. The van der Waals surface area contributed by atoms with Crippen LogP contribution in [0.3, 0.4) is 0 Å². The molecule has 0 unspecified atom stereocenters. The van der Waals surface area contributed by atoms with Crippen molar-refractivity contribution in [1.29, 1.82) is 0 Å². The Hall–Kier alpha value is 4.97. The fraction of sp³-hybridized carbons (Fsp3) is 1.00. The first-order valence-electron chi connectivity index (χ1n) is 2.52. The van der Waals surface area contributed by atoms with Gasteiger partial charge in [0.2, 0.25) is 0 Å². The van der Waals surface area contributed by atoms with Crippen molar-refractivity contribution in [2.75, 3.05) is 0 Å². The summed E-state index contributed by atoms with van der Waals surface area (Å²) in [6, 6.07) is 0. The Kier molecular flexibility index (Phi) is 23.8. The molecule has 56 valence electrons. The third-order valence-electron chi connectivity index (χ3n) is 0.431. The van der Waals surface area contributed by atoms with Crippen LogP contribution in [0.5, 0.6) is 0 Å². The van der Waals surface area contributed by atoms with Gasteiger partial charge in [0.15, 0.2) is 0 Å². The molecule has 0 aliphatic rings. The molecule has 0 aromatic heterocycles. The first-order valence-corrected chi connectivity index (χ1v) is 4.15. The monoisotopic (exact) mass is 266 g/mol. The summed E-state index contributed by atoms with van der Waals surface area (Å²) in [5, 5.41) is 0. The molecule has 12 heavy (non-hydrogen) atoms. The van der Waals surface area contributed by atoms with E-state index in [0.29, 0.717) is 0 Å². The van der Waals surface area contributed by atoms with Gasteiger partial charge in [-0.15, -0.1) is 9.05 Å². The first kappa shape index (κ1) is 25.7. The predicted molar refractivity (Wildman–Crippen MR) is 26.6 cm³/mol. The van der Waals surface area contributed by atoms with Crippen molar-refractivity contribution in [1.82, 2.24) is 0 Å². The second kappa shape index (κ2) is 11.1. The Morgan fingerprint density at radius 1 is 0.917 bits per heavy atom. The maximum Gasteiger partial charge on any atom is 1.00 e. The Morgan fingerprint density at radius 3 is 1.17 bits per heavy atom. The number of rotatable bonds is 1. The Bertz CT molecular complexity index is 87.5. The molecule has 0 atom stereocenters. The molecule has 0 aromatic rings. The van der Waals surface area contributed by atoms with E-state index in [4.69, 9.17) is 0 Å². The van der Waals surface area contributed by atoms with E-state index in [1.165, 1.54) is 20.8 Å². The van der Waals surface area contributed by atoms with Crippen molar-refractivity contribution < 1.29 is 173 Å². The minimum absolute atomic E-state index is 0. The van der Waals surface area contributed by atoms with Gasteiger partial charge in [0.25, 0.3) is 0 Å². The summed E-state index contributed by atoms with van der Waals surface area (Å²) in [6.07, 6.45) is 0. The van der Waals surface area contributed by atoms with Gasteiger partial charge in [-0.05, 0) is 20.8 Å².